The average Bonchev–Trinajstić information content (AvgIpc) is 2.77. The largest absolute Gasteiger partial charge is 0.480 e. The number of nitrogens with zero attached hydrogens (tertiary/aromatic N) is 2. The van der Waals surface area contributed by atoms with Gasteiger partial charge in [0.25, 0.3) is 11.5 Å². The monoisotopic (exact) mass is 457 g/mol. The summed E-state index contributed by atoms with van der Waals surface area (Å²) in [5.74, 6) is -4.77. The van der Waals surface area contributed by atoms with Crippen molar-refractivity contribution in [1.82, 2.24) is 14.5 Å². The zero-order valence-electron chi connectivity index (χ0n) is 18.1. The minimum atomic E-state index is -1.45. The van der Waals surface area contributed by atoms with E-state index >= 15 is 0 Å². The molecule has 1 aromatic heterocycles. The lowest BCUT2D eigenvalue weighted by atomic mass is 10.00. The molecule has 1 atom stereocenters. The maximum Gasteiger partial charge on any atom is 0.330 e. The summed E-state index contributed by atoms with van der Waals surface area (Å²) in [4.78, 5) is 48.6. The second kappa shape index (κ2) is 9.19. The molecule has 2 N–H and O–H groups in total. The van der Waals surface area contributed by atoms with Gasteiger partial charge < -0.3 is 15.0 Å². The lowest BCUT2D eigenvalue weighted by Crippen LogP contribution is -2.43. The summed E-state index contributed by atoms with van der Waals surface area (Å²) < 4.78 is 30.0. The van der Waals surface area contributed by atoms with Crippen LogP contribution in [0.25, 0.3) is 11.1 Å². The number of carbonyl (C=O) groups excluding carboxylic acids is 1. The molecule has 0 saturated heterocycles. The normalized spacial score (nSPS) is 11.8. The fourth-order valence-corrected chi connectivity index (χ4v) is 3.47. The van der Waals surface area contributed by atoms with Gasteiger partial charge in [-0.25, -0.2) is 18.4 Å². The van der Waals surface area contributed by atoms with Gasteiger partial charge in [0.2, 0.25) is 0 Å². The molecule has 0 aliphatic rings. The van der Waals surface area contributed by atoms with E-state index in [0.717, 1.165) is 22.8 Å². The van der Waals surface area contributed by atoms with Gasteiger partial charge in [-0.05, 0) is 30.2 Å². The Bertz CT molecular complexity index is 1340. The molecule has 2 aromatic carbocycles. The molecule has 8 nitrogen and oxygen atoms in total. The molecule has 0 saturated carbocycles. The summed E-state index contributed by atoms with van der Waals surface area (Å²) in [6, 6.07) is 7.79. The molecule has 0 radical (unpaired) electrons. The third kappa shape index (κ3) is 4.59. The molecule has 0 bridgehead atoms. The molecule has 172 valence electrons. The first-order valence-electron chi connectivity index (χ1n) is 9.86. The number of aromatic nitrogens is 2. The highest BCUT2D eigenvalue weighted by Crippen LogP contribution is 2.20. The Kier molecular flexibility index (Phi) is 6.57. The zero-order valence-corrected chi connectivity index (χ0v) is 18.1. The molecule has 10 heteroatoms. The number of hydrogen-bond acceptors (Lipinski definition) is 4. The van der Waals surface area contributed by atoms with Crippen molar-refractivity contribution in [1.29, 1.82) is 0 Å². The minimum absolute atomic E-state index is 0.165. The number of rotatable bonds is 6. The summed E-state index contributed by atoms with van der Waals surface area (Å²) in [6.45, 7) is 1.64. The standard InChI is InChI=1S/C23H21F2N3O5/c1-12-18(21(30)28(3)23(33)27(12)2)14-9-7-13(8-10-14)11-17(22(31)32)26-20(29)19-15(24)5-4-6-16(19)25/h4-10,17H,11H2,1-3H3,(H,26,29)(H,31,32). The van der Waals surface area contributed by atoms with Crippen LogP contribution < -0.4 is 16.6 Å². The number of halogens is 2. The van der Waals surface area contributed by atoms with Crippen molar-refractivity contribution < 1.29 is 23.5 Å². The van der Waals surface area contributed by atoms with Gasteiger partial charge in [-0.15, -0.1) is 0 Å². The van der Waals surface area contributed by atoms with E-state index in [-0.39, 0.29) is 6.42 Å². The van der Waals surface area contributed by atoms with E-state index in [0.29, 0.717) is 22.4 Å². The smallest absolute Gasteiger partial charge is 0.330 e. The zero-order chi connectivity index (χ0) is 24.4. The summed E-state index contributed by atoms with van der Waals surface area (Å²) in [6.07, 6.45) is -0.165. The SMILES string of the molecule is Cc1c(-c2ccc(CC(NC(=O)c3c(F)cccc3F)C(=O)O)cc2)c(=O)n(C)c(=O)n1C. The van der Waals surface area contributed by atoms with E-state index in [9.17, 15) is 33.1 Å². The van der Waals surface area contributed by atoms with Gasteiger partial charge in [-0.2, -0.15) is 0 Å². The maximum absolute atomic E-state index is 13.8. The molecule has 1 amide bonds. The van der Waals surface area contributed by atoms with E-state index in [1.807, 2.05) is 0 Å². The van der Waals surface area contributed by atoms with Crippen molar-refractivity contribution in [2.75, 3.05) is 0 Å². The maximum atomic E-state index is 13.8. The van der Waals surface area contributed by atoms with Crippen LogP contribution in [-0.4, -0.2) is 32.2 Å². The van der Waals surface area contributed by atoms with Crippen LogP contribution in [0.2, 0.25) is 0 Å². The van der Waals surface area contributed by atoms with Gasteiger partial charge in [-0.3, -0.25) is 14.2 Å². The van der Waals surface area contributed by atoms with E-state index in [1.165, 1.54) is 11.6 Å². The number of amides is 1. The van der Waals surface area contributed by atoms with E-state index < -0.39 is 46.4 Å². The van der Waals surface area contributed by atoms with E-state index in [4.69, 9.17) is 0 Å². The van der Waals surface area contributed by atoms with Crippen LogP contribution in [0.5, 0.6) is 0 Å². The number of aliphatic carboxylic acids is 1. The molecule has 0 aliphatic heterocycles. The van der Waals surface area contributed by atoms with Crippen molar-refractivity contribution >= 4 is 11.9 Å². The molecule has 1 heterocycles. The van der Waals surface area contributed by atoms with Gasteiger partial charge in [-0.1, -0.05) is 30.3 Å². The number of carboxylic acid groups (broad SMARTS) is 1. The lowest BCUT2D eigenvalue weighted by Gasteiger charge is -2.16. The molecule has 0 aliphatic carbocycles. The van der Waals surface area contributed by atoms with Crippen molar-refractivity contribution in [3.05, 3.63) is 91.8 Å². The van der Waals surface area contributed by atoms with Gasteiger partial charge in [0.15, 0.2) is 0 Å². The number of benzene rings is 2. The van der Waals surface area contributed by atoms with Crippen molar-refractivity contribution in [2.45, 2.75) is 19.4 Å². The Morgan fingerprint density at radius 2 is 1.58 bits per heavy atom. The van der Waals surface area contributed by atoms with Gasteiger partial charge in [0, 0.05) is 26.2 Å². The Morgan fingerprint density at radius 3 is 2.12 bits per heavy atom. The first kappa shape index (κ1) is 23.6. The van der Waals surface area contributed by atoms with Crippen LogP contribution in [0, 0.1) is 18.6 Å². The fraction of sp³-hybridized carbons (Fsp3) is 0.217. The number of nitrogens with one attached hydrogen (secondary N) is 1. The topological polar surface area (TPSA) is 110 Å². The van der Waals surface area contributed by atoms with Crippen LogP contribution in [0.3, 0.4) is 0 Å². The molecule has 3 aromatic rings. The molecule has 33 heavy (non-hydrogen) atoms. The molecule has 3 rings (SSSR count). The predicted molar refractivity (Wildman–Crippen MR) is 116 cm³/mol. The second-order valence-electron chi connectivity index (χ2n) is 7.53. The fourth-order valence-electron chi connectivity index (χ4n) is 3.47. The summed E-state index contributed by atoms with van der Waals surface area (Å²) in [7, 11) is 2.92. The number of hydrogen-bond donors (Lipinski definition) is 2. The lowest BCUT2D eigenvalue weighted by molar-refractivity contribution is -0.139. The van der Waals surface area contributed by atoms with E-state index in [1.54, 1.807) is 38.2 Å². The summed E-state index contributed by atoms with van der Waals surface area (Å²) >= 11 is 0. The van der Waals surface area contributed by atoms with Crippen molar-refractivity contribution in [3.63, 3.8) is 0 Å². The third-order valence-corrected chi connectivity index (χ3v) is 5.43. The predicted octanol–water partition coefficient (Wildman–Crippen LogP) is 1.76. The van der Waals surface area contributed by atoms with Gasteiger partial charge >= 0.3 is 11.7 Å². The second-order valence-corrected chi connectivity index (χ2v) is 7.53. The van der Waals surface area contributed by atoms with Crippen molar-refractivity contribution in [3.8, 4) is 11.1 Å². The summed E-state index contributed by atoms with van der Waals surface area (Å²) in [5, 5.41) is 11.6. The van der Waals surface area contributed by atoms with Gasteiger partial charge in [0.05, 0.1) is 5.56 Å². The van der Waals surface area contributed by atoms with Gasteiger partial charge in [0.1, 0.15) is 23.2 Å². The minimum Gasteiger partial charge on any atom is -0.480 e. The quantitative estimate of drug-likeness (QED) is 0.586. The molecule has 1 unspecified atom stereocenters. The highest BCUT2D eigenvalue weighted by molar-refractivity contribution is 5.97. The van der Waals surface area contributed by atoms with Crippen LogP contribution >= 0.6 is 0 Å². The average molecular weight is 457 g/mol. The Morgan fingerprint density at radius 1 is 1.00 bits per heavy atom. The first-order chi connectivity index (χ1) is 15.5. The molecular formula is C23H21F2N3O5. The van der Waals surface area contributed by atoms with Crippen molar-refractivity contribution in [2.24, 2.45) is 14.1 Å². The Labute approximate surface area is 186 Å². The van der Waals surface area contributed by atoms with Crippen LogP contribution in [-0.2, 0) is 25.3 Å². The highest BCUT2D eigenvalue weighted by atomic mass is 19.1. The molecule has 0 fully saturated rings. The van der Waals surface area contributed by atoms with E-state index in [2.05, 4.69) is 5.32 Å². The molecule has 0 spiro atoms. The third-order valence-electron chi connectivity index (χ3n) is 5.43. The van der Waals surface area contributed by atoms with Crippen LogP contribution in [0.4, 0.5) is 8.78 Å². The Hall–Kier alpha value is -4.08. The summed E-state index contributed by atoms with van der Waals surface area (Å²) in [5.41, 5.74) is 0.0366. The highest BCUT2D eigenvalue weighted by Gasteiger charge is 2.25. The van der Waals surface area contributed by atoms with Crippen LogP contribution in [0.1, 0.15) is 21.6 Å². The van der Waals surface area contributed by atoms with Crippen LogP contribution in [0.15, 0.2) is 52.1 Å². The number of carboxylic acids is 1. The Balaban J connectivity index is 1.87. The molecular weight excluding hydrogens is 436 g/mol. The number of carbonyl (C=O) groups is 2. The first-order valence-corrected chi connectivity index (χ1v) is 9.86.